The average molecular weight is 328 g/mol. The van der Waals surface area contributed by atoms with Gasteiger partial charge in [0.25, 0.3) is 0 Å². The van der Waals surface area contributed by atoms with Crippen LogP contribution in [0.4, 0.5) is 0 Å². The van der Waals surface area contributed by atoms with Crippen molar-refractivity contribution >= 4 is 39.5 Å². The molecule has 0 spiro atoms. The summed E-state index contributed by atoms with van der Waals surface area (Å²) in [5.74, 6) is 0. The van der Waals surface area contributed by atoms with E-state index in [0.29, 0.717) is 0 Å². The van der Waals surface area contributed by atoms with Gasteiger partial charge in [-0.3, -0.25) is 0 Å². The first-order valence-corrected chi connectivity index (χ1v) is 21.5. The minimum atomic E-state index is -0.744. The molecule has 0 saturated heterocycles. The molecule has 0 fully saturated rings. The van der Waals surface area contributed by atoms with Crippen LogP contribution < -0.4 is 0 Å². The topological polar surface area (TPSA) is 0 Å². The van der Waals surface area contributed by atoms with Crippen LogP contribution in [0, 0.1) is 0 Å². The molecule has 0 aliphatic heterocycles. The molecule has 0 aromatic heterocycles. The second-order valence-corrected chi connectivity index (χ2v) is 22.6. The molecule has 0 heterocycles. The summed E-state index contributed by atoms with van der Waals surface area (Å²) in [6, 6.07) is 0. The Balaban J connectivity index is 2.93. The second kappa shape index (κ2) is 5.39. The third kappa shape index (κ3) is 7.60. The van der Waals surface area contributed by atoms with E-state index in [-0.39, 0.29) is 0 Å². The zero-order chi connectivity index (χ0) is 6.57. The Bertz CT molecular complexity index is 42.5. The SMILES string of the molecule is [CH3][SnH]([CH3])[CH2][CH2][SnH]([CH3])[CH3]. The Morgan fingerprint density at radius 3 is 1.12 bits per heavy atom. The van der Waals surface area contributed by atoms with E-state index in [0.717, 1.165) is 0 Å². The Morgan fingerprint density at radius 1 is 0.750 bits per heavy atom. The van der Waals surface area contributed by atoms with Crippen molar-refractivity contribution in [2.75, 3.05) is 0 Å². The van der Waals surface area contributed by atoms with Gasteiger partial charge in [-0.25, -0.2) is 0 Å². The van der Waals surface area contributed by atoms with E-state index < -0.39 is 39.5 Å². The zero-order valence-corrected chi connectivity index (χ0v) is 13.2. The molecule has 2 heteroatoms. The van der Waals surface area contributed by atoms with E-state index in [2.05, 4.69) is 19.8 Å². The summed E-state index contributed by atoms with van der Waals surface area (Å²) >= 11 is -1.49. The predicted octanol–water partition coefficient (Wildman–Crippen LogP) is 1.96. The summed E-state index contributed by atoms with van der Waals surface area (Å²) in [6.07, 6.45) is 0. The minimum absolute atomic E-state index is 0.744. The molecule has 0 rings (SSSR count). The van der Waals surface area contributed by atoms with Crippen molar-refractivity contribution < 1.29 is 0 Å². The monoisotopic (exact) mass is 330 g/mol. The van der Waals surface area contributed by atoms with Gasteiger partial charge in [0.05, 0.1) is 0 Å². The molecule has 0 atom stereocenters. The Labute approximate surface area is 67.5 Å². The van der Waals surface area contributed by atoms with E-state index in [1.54, 1.807) is 8.87 Å². The van der Waals surface area contributed by atoms with Crippen molar-refractivity contribution in [1.29, 1.82) is 0 Å². The van der Waals surface area contributed by atoms with Crippen LogP contribution in [0.1, 0.15) is 0 Å². The number of hydrogen-bond donors (Lipinski definition) is 0. The standard InChI is InChI=1S/C2H4.4CH3.2Sn.2H/c1-2;;;;;;;;/h1-2H2;4*1H3;;;;. The molecule has 0 aliphatic carbocycles. The molecular formula is C6H18Sn2. The van der Waals surface area contributed by atoms with Crippen molar-refractivity contribution in [3.8, 4) is 0 Å². The van der Waals surface area contributed by atoms with Crippen molar-refractivity contribution in [1.82, 2.24) is 0 Å². The molecule has 0 amide bonds. The van der Waals surface area contributed by atoms with Gasteiger partial charge in [0.2, 0.25) is 0 Å². The maximum absolute atomic E-state index is 2.52. The van der Waals surface area contributed by atoms with Crippen LogP contribution in [0.25, 0.3) is 0 Å². The Hall–Kier alpha value is 1.60. The van der Waals surface area contributed by atoms with Crippen LogP contribution in [0.2, 0.25) is 28.6 Å². The number of hydrogen-bond acceptors (Lipinski definition) is 0. The molecule has 0 aromatic carbocycles. The summed E-state index contributed by atoms with van der Waals surface area (Å²) in [4.78, 5) is 10.1. The van der Waals surface area contributed by atoms with Gasteiger partial charge >= 0.3 is 68.2 Å². The van der Waals surface area contributed by atoms with Crippen LogP contribution >= 0.6 is 0 Å². The first-order chi connectivity index (χ1) is 3.63. The van der Waals surface area contributed by atoms with Crippen molar-refractivity contribution in [3.05, 3.63) is 0 Å². The van der Waals surface area contributed by atoms with E-state index in [1.165, 1.54) is 0 Å². The van der Waals surface area contributed by atoms with Crippen LogP contribution in [-0.4, -0.2) is 39.5 Å². The zero-order valence-electron chi connectivity index (χ0n) is 6.57. The van der Waals surface area contributed by atoms with Crippen molar-refractivity contribution in [2.24, 2.45) is 0 Å². The molecule has 0 aliphatic rings. The van der Waals surface area contributed by atoms with Gasteiger partial charge in [-0.2, -0.15) is 0 Å². The maximum atomic E-state index is 2.52. The quantitative estimate of drug-likeness (QED) is 0.695. The third-order valence-electron chi connectivity index (χ3n) is 1.32. The Kier molecular flexibility index (Phi) is 6.46. The third-order valence-corrected chi connectivity index (χ3v) is 15.2. The Morgan fingerprint density at radius 2 is 1.00 bits per heavy atom. The fraction of sp³-hybridized carbons (Fsp3) is 1.00. The molecule has 50 valence electrons. The molecule has 8 heavy (non-hydrogen) atoms. The van der Waals surface area contributed by atoms with Crippen LogP contribution in [0.3, 0.4) is 0 Å². The van der Waals surface area contributed by atoms with Gasteiger partial charge in [-0.1, -0.05) is 0 Å². The van der Waals surface area contributed by atoms with Gasteiger partial charge in [0.1, 0.15) is 0 Å². The van der Waals surface area contributed by atoms with Gasteiger partial charge in [0.15, 0.2) is 0 Å². The van der Waals surface area contributed by atoms with Gasteiger partial charge in [-0.15, -0.1) is 0 Å². The molecule has 0 unspecified atom stereocenters. The fourth-order valence-corrected chi connectivity index (χ4v) is 30.0. The first-order valence-electron chi connectivity index (χ1n) is 3.63. The van der Waals surface area contributed by atoms with Crippen LogP contribution in [0.15, 0.2) is 0 Å². The fourth-order valence-electron chi connectivity index (χ4n) is 0.667. The first kappa shape index (κ1) is 9.60. The van der Waals surface area contributed by atoms with Crippen molar-refractivity contribution in [3.63, 3.8) is 0 Å². The van der Waals surface area contributed by atoms with Gasteiger partial charge in [-0.05, 0) is 0 Å². The van der Waals surface area contributed by atoms with E-state index in [1.807, 2.05) is 0 Å². The van der Waals surface area contributed by atoms with Crippen molar-refractivity contribution in [2.45, 2.75) is 28.6 Å². The molecule has 0 bridgehead atoms. The summed E-state index contributed by atoms with van der Waals surface area (Å²) in [5, 5.41) is 0. The molecule has 0 saturated carbocycles. The molecule has 0 radical (unpaired) electrons. The van der Waals surface area contributed by atoms with Crippen LogP contribution in [0.5, 0.6) is 0 Å². The van der Waals surface area contributed by atoms with Gasteiger partial charge < -0.3 is 0 Å². The summed E-state index contributed by atoms with van der Waals surface area (Å²) < 4.78 is 3.38. The normalized spacial score (nSPS) is 11.2. The molecule has 0 nitrogen and oxygen atoms in total. The van der Waals surface area contributed by atoms with Gasteiger partial charge in [0, 0.05) is 0 Å². The summed E-state index contributed by atoms with van der Waals surface area (Å²) in [5.41, 5.74) is 0. The summed E-state index contributed by atoms with van der Waals surface area (Å²) in [7, 11) is 0. The summed E-state index contributed by atoms with van der Waals surface area (Å²) in [6.45, 7) is 0. The van der Waals surface area contributed by atoms with Crippen LogP contribution in [-0.2, 0) is 0 Å². The van der Waals surface area contributed by atoms with E-state index in [9.17, 15) is 0 Å². The predicted molar refractivity (Wildman–Crippen MR) is 47.4 cm³/mol. The molecule has 0 aromatic rings. The molecular weight excluding hydrogens is 309 g/mol. The van der Waals surface area contributed by atoms with E-state index in [4.69, 9.17) is 0 Å². The second-order valence-electron chi connectivity index (χ2n) is 3.37. The number of rotatable bonds is 3. The molecule has 0 N–H and O–H groups in total. The van der Waals surface area contributed by atoms with E-state index >= 15 is 0 Å². The average Bonchev–Trinajstić information content (AvgIpc) is 1.61.